The lowest BCUT2D eigenvalue weighted by Gasteiger charge is -2.28. The normalized spacial score (nSPS) is 34.2. The van der Waals surface area contributed by atoms with Crippen molar-refractivity contribution in [2.24, 2.45) is 0 Å². The van der Waals surface area contributed by atoms with Gasteiger partial charge in [-0.15, -0.1) is 0 Å². The van der Waals surface area contributed by atoms with E-state index in [-0.39, 0.29) is 24.2 Å². The molecule has 0 aliphatic carbocycles. The Kier molecular flexibility index (Phi) is 3.69. The maximum Gasteiger partial charge on any atom is 0.311 e. The molecule has 0 unspecified atom stereocenters. The fourth-order valence-corrected chi connectivity index (χ4v) is 1.77. The number of nitrogens with two attached hydrogens (primary N) is 1. The van der Waals surface area contributed by atoms with Crippen molar-refractivity contribution in [3.8, 4) is 0 Å². The Balaban J connectivity index is 2.33. The summed E-state index contributed by atoms with van der Waals surface area (Å²) in [5.74, 6) is -0.162. The highest BCUT2D eigenvalue weighted by atomic mass is 16.5. The number of hydrogen-bond donors (Lipinski definition) is 2. The predicted octanol–water partition coefficient (Wildman–Crippen LogP) is -0.975. The minimum absolute atomic E-state index is 0.162. The molecule has 4 nitrogen and oxygen atoms in total. The van der Waals surface area contributed by atoms with Crippen LogP contribution < -0.4 is 5.32 Å². The van der Waals surface area contributed by atoms with Crippen LogP contribution in [0, 0.1) is 0 Å². The average Bonchev–Trinajstić information content (AvgIpc) is 2.11. The van der Waals surface area contributed by atoms with Crippen molar-refractivity contribution in [1.82, 2.24) is 0 Å². The lowest BCUT2D eigenvalue weighted by molar-refractivity contribution is -0.733. The monoisotopic (exact) mass is 188 g/mol. The van der Waals surface area contributed by atoms with Gasteiger partial charge in [0.1, 0.15) is 12.1 Å². The number of piperidine rings is 1. The van der Waals surface area contributed by atoms with Gasteiger partial charge in [-0.2, -0.15) is 0 Å². The molecule has 0 spiro atoms. The summed E-state index contributed by atoms with van der Waals surface area (Å²) in [5, 5.41) is 11.5. The third-order valence-electron chi connectivity index (χ3n) is 2.67. The Bertz CT molecular complexity index is 184. The van der Waals surface area contributed by atoms with Crippen molar-refractivity contribution in [3.63, 3.8) is 0 Å². The van der Waals surface area contributed by atoms with Crippen LogP contribution in [-0.4, -0.2) is 36.4 Å². The molecule has 0 aromatic carbocycles. The summed E-state index contributed by atoms with van der Waals surface area (Å²) in [6, 6.07) is 0.481. The fraction of sp³-hybridized carbons (Fsp3) is 0.889. The van der Waals surface area contributed by atoms with E-state index in [0.717, 1.165) is 12.8 Å². The molecule has 13 heavy (non-hydrogen) atoms. The lowest BCUT2D eigenvalue weighted by atomic mass is 9.95. The summed E-state index contributed by atoms with van der Waals surface area (Å²) in [4.78, 5) is 11.0. The van der Waals surface area contributed by atoms with Crippen molar-refractivity contribution in [2.75, 3.05) is 7.11 Å². The molecule has 1 aliphatic rings. The van der Waals surface area contributed by atoms with Crippen molar-refractivity contribution >= 4 is 5.97 Å². The zero-order chi connectivity index (χ0) is 9.84. The largest absolute Gasteiger partial charge is 0.469 e. The van der Waals surface area contributed by atoms with E-state index in [2.05, 4.69) is 10.1 Å². The van der Waals surface area contributed by atoms with Gasteiger partial charge in [-0.05, 0) is 13.3 Å². The quantitative estimate of drug-likeness (QED) is 0.548. The second-order valence-electron chi connectivity index (χ2n) is 3.74. The summed E-state index contributed by atoms with van der Waals surface area (Å²) < 4.78 is 4.59. The van der Waals surface area contributed by atoms with Crippen molar-refractivity contribution < 1.29 is 20.0 Å². The summed E-state index contributed by atoms with van der Waals surface area (Å²) >= 11 is 0. The van der Waals surface area contributed by atoms with Gasteiger partial charge >= 0.3 is 5.97 Å². The molecule has 4 heteroatoms. The molecule has 1 heterocycles. The van der Waals surface area contributed by atoms with E-state index < -0.39 is 0 Å². The van der Waals surface area contributed by atoms with Crippen LogP contribution in [-0.2, 0) is 9.53 Å². The smallest absolute Gasteiger partial charge is 0.311 e. The minimum atomic E-state index is -0.228. The van der Waals surface area contributed by atoms with Crippen LogP contribution in [0.5, 0.6) is 0 Å². The van der Waals surface area contributed by atoms with E-state index >= 15 is 0 Å². The first-order valence-corrected chi connectivity index (χ1v) is 4.73. The standard InChI is InChI=1S/C9H17NO3/c1-6-8(11)4-3-7(10-6)5-9(12)13-2/h6-8,10-11H,3-5H2,1-2H3/p+1/t6-,7-,8-/m0/s1. The first-order chi connectivity index (χ1) is 6.13. The van der Waals surface area contributed by atoms with Gasteiger partial charge in [-0.1, -0.05) is 0 Å². The SMILES string of the molecule is COC(=O)C[C@@H]1CC[C@H](O)[C@H](C)[NH2+]1. The highest BCUT2D eigenvalue weighted by Crippen LogP contribution is 2.09. The number of esters is 1. The molecule has 1 rings (SSSR count). The van der Waals surface area contributed by atoms with Crippen molar-refractivity contribution in [1.29, 1.82) is 0 Å². The molecule has 76 valence electrons. The Labute approximate surface area is 78.3 Å². The van der Waals surface area contributed by atoms with Crippen LogP contribution in [0.2, 0.25) is 0 Å². The van der Waals surface area contributed by atoms with Crippen molar-refractivity contribution in [2.45, 2.75) is 44.4 Å². The summed E-state index contributed by atoms with van der Waals surface area (Å²) in [5.41, 5.74) is 0. The summed E-state index contributed by atoms with van der Waals surface area (Å²) in [6.07, 6.45) is 1.90. The third kappa shape index (κ3) is 2.97. The predicted molar refractivity (Wildman–Crippen MR) is 47.0 cm³/mol. The van der Waals surface area contributed by atoms with Crippen LogP contribution in [0.4, 0.5) is 0 Å². The van der Waals surface area contributed by atoms with E-state index in [1.807, 2.05) is 6.92 Å². The Morgan fingerprint density at radius 1 is 1.62 bits per heavy atom. The number of ether oxygens (including phenoxy) is 1. The van der Waals surface area contributed by atoms with Gasteiger partial charge in [0.25, 0.3) is 0 Å². The zero-order valence-corrected chi connectivity index (χ0v) is 8.19. The molecular weight excluding hydrogens is 170 g/mol. The maximum absolute atomic E-state index is 11.0. The van der Waals surface area contributed by atoms with Gasteiger partial charge in [-0.3, -0.25) is 4.79 Å². The summed E-state index contributed by atoms with van der Waals surface area (Å²) in [6.45, 7) is 1.98. The van der Waals surface area contributed by atoms with Gasteiger partial charge < -0.3 is 15.2 Å². The van der Waals surface area contributed by atoms with E-state index in [9.17, 15) is 9.90 Å². The number of hydrogen-bond acceptors (Lipinski definition) is 3. The minimum Gasteiger partial charge on any atom is -0.469 e. The number of carbonyl (C=O) groups excluding carboxylic acids is 1. The van der Waals surface area contributed by atoms with Crippen LogP contribution in [0.1, 0.15) is 26.2 Å². The first-order valence-electron chi connectivity index (χ1n) is 4.73. The van der Waals surface area contributed by atoms with Gasteiger partial charge in [0, 0.05) is 6.42 Å². The molecule has 0 radical (unpaired) electrons. The van der Waals surface area contributed by atoms with Crippen LogP contribution in [0.3, 0.4) is 0 Å². The maximum atomic E-state index is 11.0. The van der Waals surface area contributed by atoms with E-state index in [1.165, 1.54) is 7.11 Å². The fourth-order valence-electron chi connectivity index (χ4n) is 1.77. The molecule has 1 aliphatic heterocycles. The average molecular weight is 188 g/mol. The number of aliphatic hydroxyl groups is 1. The van der Waals surface area contributed by atoms with E-state index in [4.69, 9.17) is 0 Å². The van der Waals surface area contributed by atoms with E-state index in [0.29, 0.717) is 6.42 Å². The third-order valence-corrected chi connectivity index (χ3v) is 2.67. The Hall–Kier alpha value is -0.610. The zero-order valence-electron chi connectivity index (χ0n) is 8.19. The number of rotatable bonds is 2. The summed E-state index contributed by atoms with van der Waals surface area (Å²) in [7, 11) is 1.41. The molecular formula is C9H18NO3+. The van der Waals surface area contributed by atoms with E-state index in [1.54, 1.807) is 0 Å². The molecule has 3 atom stereocenters. The first kappa shape index (κ1) is 10.5. The van der Waals surface area contributed by atoms with Gasteiger partial charge in [0.15, 0.2) is 0 Å². The molecule has 0 aromatic rings. The topological polar surface area (TPSA) is 63.1 Å². The highest BCUT2D eigenvalue weighted by Gasteiger charge is 2.30. The van der Waals surface area contributed by atoms with Crippen LogP contribution in [0.25, 0.3) is 0 Å². The molecule has 1 fully saturated rings. The lowest BCUT2D eigenvalue weighted by Crippen LogP contribution is -2.98. The number of aliphatic hydroxyl groups excluding tert-OH is 1. The second-order valence-corrected chi connectivity index (χ2v) is 3.74. The van der Waals surface area contributed by atoms with Gasteiger partial charge in [0.2, 0.25) is 0 Å². The van der Waals surface area contributed by atoms with Crippen LogP contribution in [0.15, 0.2) is 0 Å². The second kappa shape index (κ2) is 4.58. The van der Waals surface area contributed by atoms with Crippen LogP contribution >= 0.6 is 0 Å². The molecule has 3 N–H and O–H groups in total. The van der Waals surface area contributed by atoms with Gasteiger partial charge in [-0.25, -0.2) is 0 Å². The molecule has 0 amide bonds. The molecule has 0 bridgehead atoms. The van der Waals surface area contributed by atoms with Gasteiger partial charge in [0.05, 0.1) is 19.6 Å². The Morgan fingerprint density at radius 3 is 2.85 bits per heavy atom. The molecule has 0 saturated carbocycles. The Morgan fingerprint density at radius 2 is 2.31 bits per heavy atom. The highest BCUT2D eigenvalue weighted by molar-refractivity contribution is 5.69. The molecule has 1 saturated heterocycles. The molecule has 0 aromatic heterocycles. The number of quaternary nitrogens is 1. The number of methoxy groups -OCH3 is 1. The number of carbonyl (C=O) groups is 1. The van der Waals surface area contributed by atoms with Crippen molar-refractivity contribution in [3.05, 3.63) is 0 Å².